The fraction of sp³-hybridized carbons (Fsp3) is 0.170. The fourth-order valence-corrected chi connectivity index (χ4v) is 7.11. The Morgan fingerprint density at radius 1 is 0.544 bits per heavy atom. The third-order valence-corrected chi connectivity index (χ3v) is 10.5. The predicted octanol–water partition coefficient (Wildman–Crippen LogP) is 8.32. The van der Waals surface area contributed by atoms with Crippen molar-refractivity contribution in [3.05, 3.63) is 208 Å². The van der Waals surface area contributed by atoms with Gasteiger partial charge in [0, 0.05) is 12.5 Å². The normalized spacial score (nSPS) is 17.5. The smallest absolute Gasteiger partial charge is 0.383 e. The Hall–Kier alpha value is -8.56. The maximum absolute atomic E-state index is 14.1. The zero-order chi connectivity index (χ0) is 47.4. The molecule has 2 heterocycles. The number of ether oxygens (including phenoxy) is 8. The van der Waals surface area contributed by atoms with E-state index in [9.17, 15) is 28.8 Å². The summed E-state index contributed by atoms with van der Waals surface area (Å²) in [5, 5.41) is 0.219. The van der Waals surface area contributed by atoms with Crippen LogP contribution in [0, 0.1) is 0 Å². The first-order valence-electron chi connectivity index (χ1n) is 21.5. The van der Waals surface area contributed by atoms with E-state index in [1.807, 2.05) is 30.3 Å². The van der Waals surface area contributed by atoms with Crippen LogP contribution in [-0.2, 0) is 35.1 Å². The fourth-order valence-electron chi connectivity index (χ4n) is 7.11. The molecule has 1 aromatic heterocycles. The Kier molecular flexibility index (Phi) is 14.6. The molecule has 0 saturated carbocycles. The molecular weight excluding hydrogens is 877 g/mol. The van der Waals surface area contributed by atoms with Gasteiger partial charge in [0.15, 0.2) is 18.0 Å². The minimum absolute atomic E-state index is 0.00592. The summed E-state index contributed by atoms with van der Waals surface area (Å²) >= 11 is 0. The Labute approximate surface area is 388 Å². The first-order valence-corrected chi connectivity index (χ1v) is 21.5. The van der Waals surface area contributed by atoms with Crippen LogP contribution < -0.4 is 19.8 Å². The van der Waals surface area contributed by atoms with Crippen LogP contribution in [0.4, 0.5) is 0 Å². The standard InChI is InChI=1S/C53H42O15/c1-2-42(54)65-46-43(60-31-33-18-8-3-9-19-33)39-29-28-38(30-40(39)63-52(46)59)62-53-47(68-51(58)37-26-16-7-17-27-37)45(67-50(57)36-24-14-6-15-25-36)44(66-49(56)35-22-12-5-13-23-35)41(64-53)32-61-48(55)34-20-10-4-11-21-34/h3-30,41,44-45,47,53H,2,31-32H2,1H3/t41-,44+,45+,47-,53-/m1/s1. The van der Waals surface area contributed by atoms with Crippen molar-refractivity contribution in [3.63, 3.8) is 0 Å². The lowest BCUT2D eigenvalue weighted by molar-refractivity contribution is -0.275. The Balaban J connectivity index is 1.22. The summed E-state index contributed by atoms with van der Waals surface area (Å²) in [5.41, 5.74) is 0.179. The third-order valence-electron chi connectivity index (χ3n) is 10.5. The summed E-state index contributed by atoms with van der Waals surface area (Å²) in [6.07, 6.45) is -8.24. The van der Waals surface area contributed by atoms with Gasteiger partial charge in [0.2, 0.25) is 12.4 Å². The highest BCUT2D eigenvalue weighted by molar-refractivity contribution is 5.92. The molecule has 68 heavy (non-hydrogen) atoms. The average Bonchev–Trinajstić information content (AvgIpc) is 3.38. The summed E-state index contributed by atoms with van der Waals surface area (Å²) in [6, 6.07) is 45.3. The number of hydrogen-bond acceptors (Lipinski definition) is 15. The van der Waals surface area contributed by atoms with Crippen molar-refractivity contribution < 1.29 is 66.3 Å². The van der Waals surface area contributed by atoms with Gasteiger partial charge in [-0.2, -0.15) is 0 Å². The van der Waals surface area contributed by atoms with Crippen LogP contribution >= 0.6 is 0 Å². The summed E-state index contributed by atoms with van der Waals surface area (Å²) in [7, 11) is 0. The van der Waals surface area contributed by atoms with E-state index < -0.39 is 78.5 Å². The molecule has 0 N–H and O–H groups in total. The lowest BCUT2D eigenvalue weighted by Crippen LogP contribution is -2.63. The van der Waals surface area contributed by atoms with Gasteiger partial charge in [-0.05, 0) is 66.2 Å². The molecule has 1 aliphatic rings. The first-order chi connectivity index (χ1) is 33.1. The van der Waals surface area contributed by atoms with E-state index in [0.717, 1.165) is 5.56 Å². The Morgan fingerprint density at radius 2 is 1.03 bits per heavy atom. The van der Waals surface area contributed by atoms with Crippen molar-refractivity contribution >= 4 is 40.8 Å². The Bertz CT molecular complexity index is 2930. The molecule has 7 aromatic rings. The van der Waals surface area contributed by atoms with Gasteiger partial charge in [-0.1, -0.05) is 110 Å². The lowest BCUT2D eigenvalue weighted by atomic mass is 9.97. The lowest BCUT2D eigenvalue weighted by Gasteiger charge is -2.44. The first kappa shape index (κ1) is 46.0. The van der Waals surface area contributed by atoms with Gasteiger partial charge in [-0.25, -0.2) is 24.0 Å². The van der Waals surface area contributed by atoms with Crippen LogP contribution in [0.2, 0.25) is 0 Å². The van der Waals surface area contributed by atoms with Crippen molar-refractivity contribution in [2.75, 3.05) is 6.61 Å². The number of carbonyl (C=O) groups excluding carboxylic acids is 5. The summed E-state index contributed by atoms with van der Waals surface area (Å²) in [5.74, 6) is -4.68. The largest absolute Gasteiger partial charge is 0.484 e. The maximum Gasteiger partial charge on any atom is 0.383 e. The highest BCUT2D eigenvalue weighted by atomic mass is 16.7. The number of benzene rings is 6. The highest BCUT2D eigenvalue weighted by Crippen LogP contribution is 2.38. The van der Waals surface area contributed by atoms with Crippen LogP contribution in [0.3, 0.4) is 0 Å². The average molecular weight is 919 g/mol. The van der Waals surface area contributed by atoms with E-state index in [0.29, 0.717) is 0 Å². The number of carbonyl (C=O) groups is 5. The third kappa shape index (κ3) is 11.1. The van der Waals surface area contributed by atoms with E-state index in [1.54, 1.807) is 91.9 Å². The van der Waals surface area contributed by atoms with E-state index >= 15 is 0 Å². The quantitative estimate of drug-likeness (QED) is 0.0511. The molecule has 0 radical (unpaired) electrons. The molecule has 0 amide bonds. The molecule has 15 nitrogen and oxygen atoms in total. The molecule has 8 rings (SSSR count). The summed E-state index contributed by atoms with van der Waals surface area (Å²) < 4.78 is 54.3. The second-order valence-corrected chi connectivity index (χ2v) is 15.1. The minimum Gasteiger partial charge on any atom is -0.484 e. The number of fused-ring (bicyclic) bond motifs is 1. The van der Waals surface area contributed by atoms with Gasteiger partial charge < -0.3 is 42.3 Å². The summed E-state index contributed by atoms with van der Waals surface area (Å²) in [4.78, 5) is 81.3. The molecule has 6 aromatic carbocycles. The van der Waals surface area contributed by atoms with Gasteiger partial charge in [-0.15, -0.1) is 0 Å². The molecule has 1 aliphatic heterocycles. The minimum atomic E-state index is -1.72. The van der Waals surface area contributed by atoms with Gasteiger partial charge in [0.25, 0.3) is 5.75 Å². The second-order valence-electron chi connectivity index (χ2n) is 15.1. The van der Waals surface area contributed by atoms with Crippen LogP contribution in [0.25, 0.3) is 11.0 Å². The van der Waals surface area contributed by atoms with Crippen molar-refractivity contribution in [2.45, 2.75) is 50.7 Å². The molecule has 0 spiro atoms. The molecule has 5 atom stereocenters. The van der Waals surface area contributed by atoms with E-state index in [1.165, 1.54) is 54.6 Å². The number of esters is 5. The number of rotatable bonds is 16. The van der Waals surface area contributed by atoms with Crippen molar-refractivity contribution in [1.29, 1.82) is 0 Å². The monoisotopic (exact) mass is 918 g/mol. The Morgan fingerprint density at radius 3 is 1.56 bits per heavy atom. The highest BCUT2D eigenvalue weighted by Gasteiger charge is 2.54. The maximum atomic E-state index is 14.1. The number of hydrogen-bond donors (Lipinski definition) is 0. The van der Waals surface area contributed by atoms with E-state index in [4.69, 9.17) is 42.3 Å². The van der Waals surface area contributed by atoms with Crippen molar-refractivity contribution in [2.24, 2.45) is 0 Å². The molecule has 344 valence electrons. The van der Waals surface area contributed by atoms with Gasteiger partial charge in [0.1, 0.15) is 30.7 Å². The molecule has 1 saturated heterocycles. The zero-order valence-electron chi connectivity index (χ0n) is 36.3. The molecule has 0 aliphatic carbocycles. The van der Waals surface area contributed by atoms with Gasteiger partial charge in [-0.3, -0.25) is 4.79 Å². The predicted molar refractivity (Wildman–Crippen MR) is 242 cm³/mol. The van der Waals surface area contributed by atoms with Gasteiger partial charge in [0.05, 0.1) is 27.6 Å². The van der Waals surface area contributed by atoms with Crippen LogP contribution in [0.15, 0.2) is 179 Å². The van der Waals surface area contributed by atoms with Gasteiger partial charge >= 0.3 is 35.5 Å². The molecule has 15 heteroatoms. The zero-order valence-corrected chi connectivity index (χ0v) is 36.3. The van der Waals surface area contributed by atoms with E-state index in [-0.39, 0.29) is 57.7 Å². The topological polar surface area (TPSA) is 189 Å². The molecule has 0 bridgehead atoms. The molecular formula is C53H42O15. The van der Waals surface area contributed by atoms with Crippen LogP contribution in [0.1, 0.15) is 60.3 Å². The SMILES string of the molecule is CCC(=O)Oc1c(OCc2ccccc2)c2ccc(O[C@@H]3O[C@H](COC(=O)c4ccccc4)[C@H](OC(=O)c4ccccc4)[C@H](OC(=O)c4ccccc4)[C@H]3OC(=O)c3ccccc3)cc2oc1=O. The molecule has 0 unspecified atom stereocenters. The van der Waals surface area contributed by atoms with Crippen molar-refractivity contribution in [3.8, 4) is 17.2 Å². The molecule has 1 fully saturated rings. The van der Waals surface area contributed by atoms with Crippen molar-refractivity contribution in [1.82, 2.24) is 0 Å². The summed E-state index contributed by atoms with van der Waals surface area (Å²) in [6.45, 7) is 0.971. The second kappa shape index (κ2) is 21.6. The van der Waals surface area contributed by atoms with Crippen LogP contribution in [-0.4, -0.2) is 67.2 Å². The van der Waals surface area contributed by atoms with Crippen LogP contribution in [0.5, 0.6) is 17.2 Å². The van der Waals surface area contributed by atoms with E-state index in [2.05, 4.69) is 0 Å².